The van der Waals surface area contributed by atoms with Crippen molar-refractivity contribution in [2.75, 3.05) is 5.32 Å². The molecular weight excluding hydrogens is 343 g/mol. The molecule has 0 radical (unpaired) electrons. The van der Waals surface area contributed by atoms with Crippen molar-refractivity contribution < 1.29 is 19.1 Å². The van der Waals surface area contributed by atoms with Crippen LogP contribution in [0.3, 0.4) is 0 Å². The fraction of sp³-hybridized carbons (Fsp3) is 0.278. The number of amides is 1. The second-order valence-electron chi connectivity index (χ2n) is 5.91. The van der Waals surface area contributed by atoms with Crippen LogP contribution in [0.4, 0.5) is 9.52 Å². The Kier molecular flexibility index (Phi) is 4.94. The van der Waals surface area contributed by atoms with Gasteiger partial charge in [-0.1, -0.05) is 12.2 Å². The number of anilines is 1. The van der Waals surface area contributed by atoms with Crippen LogP contribution in [0.5, 0.6) is 0 Å². The number of nitrogens with one attached hydrogen (secondary N) is 1. The van der Waals surface area contributed by atoms with E-state index in [1.165, 1.54) is 23.5 Å². The Hall–Kier alpha value is -2.54. The van der Waals surface area contributed by atoms with Crippen molar-refractivity contribution in [3.63, 3.8) is 0 Å². The maximum Gasteiger partial charge on any atom is 0.307 e. The van der Waals surface area contributed by atoms with Crippen LogP contribution < -0.4 is 5.32 Å². The topological polar surface area (TPSA) is 79.3 Å². The number of thiazole rings is 1. The first-order valence-electron chi connectivity index (χ1n) is 7.87. The second-order valence-corrected chi connectivity index (χ2v) is 7.12. The molecule has 1 aromatic heterocycles. The zero-order valence-corrected chi connectivity index (χ0v) is 14.3. The lowest BCUT2D eigenvalue weighted by atomic mass is 9.82. The number of carboxylic acids is 1. The molecule has 1 aliphatic rings. The SMILES string of the molecule is Cc1sc(NC(=O)[C@H]2CC=CC[C@@H]2C(=O)O)nc1-c1ccc(F)cc1. The molecule has 1 aliphatic carbocycles. The number of carbonyl (C=O) groups excluding carboxylic acids is 1. The Bertz CT molecular complexity index is 829. The number of halogens is 1. The average molecular weight is 360 g/mol. The molecule has 2 N–H and O–H groups in total. The summed E-state index contributed by atoms with van der Waals surface area (Å²) in [5, 5.41) is 12.4. The van der Waals surface area contributed by atoms with Gasteiger partial charge in [-0.2, -0.15) is 0 Å². The molecule has 1 amide bonds. The molecular formula is C18H17FN2O3S. The van der Waals surface area contributed by atoms with Crippen LogP contribution in [0.25, 0.3) is 11.3 Å². The number of hydrogen-bond donors (Lipinski definition) is 2. The van der Waals surface area contributed by atoms with Gasteiger partial charge in [-0.05, 0) is 44.0 Å². The molecule has 5 nitrogen and oxygen atoms in total. The maximum absolute atomic E-state index is 13.1. The first-order valence-corrected chi connectivity index (χ1v) is 8.69. The van der Waals surface area contributed by atoms with Gasteiger partial charge in [0.1, 0.15) is 5.82 Å². The molecule has 2 aromatic rings. The fourth-order valence-electron chi connectivity index (χ4n) is 2.90. The van der Waals surface area contributed by atoms with Crippen molar-refractivity contribution in [2.45, 2.75) is 19.8 Å². The van der Waals surface area contributed by atoms with Gasteiger partial charge in [-0.15, -0.1) is 11.3 Å². The fourth-order valence-corrected chi connectivity index (χ4v) is 3.74. The van der Waals surface area contributed by atoms with Crippen molar-refractivity contribution in [3.05, 3.63) is 47.1 Å². The monoisotopic (exact) mass is 360 g/mol. The van der Waals surface area contributed by atoms with Crippen LogP contribution in [-0.2, 0) is 9.59 Å². The van der Waals surface area contributed by atoms with E-state index >= 15 is 0 Å². The number of benzene rings is 1. The van der Waals surface area contributed by atoms with E-state index in [-0.39, 0.29) is 11.7 Å². The first kappa shape index (κ1) is 17.3. The average Bonchev–Trinajstić information content (AvgIpc) is 2.95. The summed E-state index contributed by atoms with van der Waals surface area (Å²) in [4.78, 5) is 29.1. The smallest absolute Gasteiger partial charge is 0.307 e. The molecule has 0 saturated heterocycles. The highest BCUT2D eigenvalue weighted by atomic mass is 32.1. The molecule has 25 heavy (non-hydrogen) atoms. The van der Waals surface area contributed by atoms with Gasteiger partial charge in [0.15, 0.2) is 5.13 Å². The standard InChI is InChI=1S/C18H17FN2O3S/c1-10-15(11-6-8-12(19)9-7-11)20-18(25-10)21-16(22)13-4-2-3-5-14(13)17(23)24/h2-3,6-9,13-14H,4-5H2,1H3,(H,23,24)(H,20,21,22)/t13-,14-/m0/s1. The minimum absolute atomic E-state index is 0.324. The van der Waals surface area contributed by atoms with E-state index in [0.717, 1.165) is 10.4 Å². The lowest BCUT2D eigenvalue weighted by Crippen LogP contribution is -2.34. The lowest BCUT2D eigenvalue weighted by molar-refractivity contribution is -0.146. The summed E-state index contributed by atoms with van der Waals surface area (Å²) < 4.78 is 13.1. The molecule has 7 heteroatoms. The number of aliphatic carboxylic acids is 1. The van der Waals surface area contributed by atoms with Crippen LogP contribution in [0.1, 0.15) is 17.7 Å². The van der Waals surface area contributed by atoms with Crippen molar-refractivity contribution in [1.82, 2.24) is 4.98 Å². The summed E-state index contributed by atoms with van der Waals surface area (Å²) in [7, 11) is 0. The summed E-state index contributed by atoms with van der Waals surface area (Å²) >= 11 is 1.31. The third-order valence-electron chi connectivity index (χ3n) is 4.23. The van der Waals surface area contributed by atoms with Crippen molar-refractivity contribution in [3.8, 4) is 11.3 Å². The Balaban J connectivity index is 1.78. The number of allylic oxidation sites excluding steroid dienone is 2. The minimum Gasteiger partial charge on any atom is -0.481 e. The highest BCUT2D eigenvalue weighted by Crippen LogP contribution is 2.32. The van der Waals surface area contributed by atoms with E-state index in [2.05, 4.69) is 10.3 Å². The first-order chi connectivity index (χ1) is 12.0. The minimum atomic E-state index is -0.966. The van der Waals surface area contributed by atoms with Gasteiger partial charge < -0.3 is 10.4 Å². The Morgan fingerprint density at radius 2 is 1.84 bits per heavy atom. The van der Waals surface area contributed by atoms with Crippen LogP contribution in [0.15, 0.2) is 36.4 Å². The number of nitrogens with zero attached hydrogens (tertiary/aromatic N) is 1. The van der Waals surface area contributed by atoms with Crippen LogP contribution in [0.2, 0.25) is 0 Å². The molecule has 1 heterocycles. The Morgan fingerprint density at radius 3 is 2.48 bits per heavy atom. The second kappa shape index (κ2) is 7.14. The van der Waals surface area contributed by atoms with Crippen molar-refractivity contribution in [2.24, 2.45) is 11.8 Å². The van der Waals surface area contributed by atoms with Gasteiger partial charge in [0.25, 0.3) is 0 Å². The molecule has 0 fully saturated rings. The quantitative estimate of drug-likeness (QED) is 0.812. The summed E-state index contributed by atoms with van der Waals surface area (Å²) in [6, 6.07) is 5.99. The largest absolute Gasteiger partial charge is 0.481 e. The molecule has 2 atom stereocenters. The maximum atomic E-state index is 13.1. The van der Waals surface area contributed by atoms with Gasteiger partial charge in [0, 0.05) is 10.4 Å². The summed E-state index contributed by atoms with van der Waals surface area (Å²) in [6.45, 7) is 1.87. The van der Waals surface area contributed by atoms with E-state index in [9.17, 15) is 19.1 Å². The van der Waals surface area contributed by atoms with E-state index in [4.69, 9.17) is 0 Å². The number of aryl methyl sites for hydroxylation is 1. The molecule has 0 unspecified atom stereocenters. The zero-order valence-electron chi connectivity index (χ0n) is 13.5. The van der Waals surface area contributed by atoms with E-state index < -0.39 is 17.8 Å². The highest BCUT2D eigenvalue weighted by molar-refractivity contribution is 7.16. The number of carbonyl (C=O) groups is 2. The molecule has 0 spiro atoms. The van der Waals surface area contributed by atoms with Gasteiger partial charge in [-0.3, -0.25) is 9.59 Å². The highest BCUT2D eigenvalue weighted by Gasteiger charge is 2.34. The number of rotatable bonds is 4. The van der Waals surface area contributed by atoms with E-state index in [1.54, 1.807) is 18.2 Å². The van der Waals surface area contributed by atoms with Crippen LogP contribution >= 0.6 is 11.3 Å². The predicted octanol–water partition coefficient (Wildman–Crippen LogP) is 3.86. The van der Waals surface area contributed by atoms with Crippen molar-refractivity contribution in [1.29, 1.82) is 0 Å². The van der Waals surface area contributed by atoms with Gasteiger partial charge >= 0.3 is 5.97 Å². The Morgan fingerprint density at radius 1 is 1.20 bits per heavy atom. The summed E-state index contributed by atoms with van der Waals surface area (Å²) in [6.07, 6.45) is 4.38. The number of hydrogen-bond acceptors (Lipinski definition) is 4. The normalized spacial score (nSPS) is 19.6. The summed E-state index contributed by atoms with van der Waals surface area (Å²) in [5.41, 5.74) is 1.44. The van der Waals surface area contributed by atoms with E-state index in [1.807, 2.05) is 13.0 Å². The number of aromatic nitrogens is 1. The summed E-state index contributed by atoms with van der Waals surface area (Å²) in [5.74, 6) is -2.96. The van der Waals surface area contributed by atoms with Gasteiger partial charge in [0.05, 0.1) is 17.5 Å². The Labute approximate surface area is 148 Å². The van der Waals surface area contributed by atoms with E-state index in [0.29, 0.717) is 23.7 Å². The van der Waals surface area contributed by atoms with Gasteiger partial charge in [-0.25, -0.2) is 9.37 Å². The van der Waals surface area contributed by atoms with Crippen molar-refractivity contribution >= 4 is 28.3 Å². The molecule has 1 aromatic carbocycles. The molecule has 130 valence electrons. The molecule has 3 rings (SSSR count). The van der Waals surface area contributed by atoms with Gasteiger partial charge in [0.2, 0.25) is 5.91 Å². The zero-order chi connectivity index (χ0) is 18.0. The molecule has 0 bridgehead atoms. The number of carboxylic acid groups (broad SMARTS) is 1. The van der Waals surface area contributed by atoms with Crippen LogP contribution in [0, 0.1) is 24.6 Å². The third-order valence-corrected chi connectivity index (χ3v) is 5.12. The molecule has 0 saturated carbocycles. The lowest BCUT2D eigenvalue weighted by Gasteiger charge is -2.23. The predicted molar refractivity (Wildman–Crippen MR) is 93.9 cm³/mol. The molecule has 0 aliphatic heterocycles. The van der Waals surface area contributed by atoms with Crippen LogP contribution in [-0.4, -0.2) is 22.0 Å². The third kappa shape index (κ3) is 3.76.